The first-order valence-electron chi connectivity index (χ1n) is 4.69. The number of nitrogens with one attached hydrogen (secondary N) is 2. The van der Waals surface area contributed by atoms with Gasteiger partial charge in [-0.05, 0) is 31.8 Å². The summed E-state index contributed by atoms with van der Waals surface area (Å²) in [5.41, 5.74) is 0. The van der Waals surface area contributed by atoms with Crippen molar-refractivity contribution in [3.63, 3.8) is 0 Å². The van der Waals surface area contributed by atoms with Crippen LogP contribution in [-0.2, 0) is 4.79 Å². The Morgan fingerprint density at radius 1 is 1.33 bits per heavy atom. The van der Waals surface area contributed by atoms with Gasteiger partial charge in [-0.15, -0.1) is 0 Å². The highest BCUT2D eigenvalue weighted by atomic mass is 16.1. The van der Waals surface area contributed by atoms with Crippen molar-refractivity contribution in [2.75, 3.05) is 19.6 Å². The maximum Gasteiger partial charge on any atom is 0.207 e. The molecule has 0 aliphatic carbocycles. The Balaban J connectivity index is 3.09. The predicted octanol–water partition coefficient (Wildman–Crippen LogP) is 0.758. The molecule has 0 bridgehead atoms. The smallest absolute Gasteiger partial charge is 0.207 e. The van der Waals surface area contributed by atoms with Gasteiger partial charge in [-0.1, -0.05) is 13.8 Å². The quantitative estimate of drug-likeness (QED) is 0.419. The van der Waals surface area contributed by atoms with Gasteiger partial charge in [-0.2, -0.15) is 0 Å². The lowest BCUT2D eigenvalue weighted by atomic mass is 10.0. The molecule has 1 unspecified atom stereocenters. The van der Waals surface area contributed by atoms with E-state index in [1.165, 1.54) is 6.42 Å². The van der Waals surface area contributed by atoms with Crippen molar-refractivity contribution in [2.45, 2.75) is 26.7 Å². The average Bonchev–Trinajstić information content (AvgIpc) is 2.06. The van der Waals surface area contributed by atoms with Crippen LogP contribution in [-0.4, -0.2) is 26.0 Å². The predicted molar refractivity (Wildman–Crippen MR) is 51.0 cm³/mol. The lowest BCUT2D eigenvalue weighted by Crippen LogP contribution is -2.19. The molecule has 0 spiro atoms. The zero-order valence-corrected chi connectivity index (χ0v) is 8.10. The number of carbonyl (C=O) groups is 1. The van der Waals surface area contributed by atoms with Crippen LogP contribution >= 0.6 is 0 Å². The molecule has 0 aliphatic heterocycles. The molecular weight excluding hydrogens is 152 g/mol. The summed E-state index contributed by atoms with van der Waals surface area (Å²) >= 11 is 0. The molecule has 72 valence electrons. The molecule has 12 heavy (non-hydrogen) atoms. The van der Waals surface area contributed by atoms with Crippen LogP contribution in [0.1, 0.15) is 26.7 Å². The fourth-order valence-electron chi connectivity index (χ4n) is 1.06. The molecule has 1 atom stereocenters. The van der Waals surface area contributed by atoms with Gasteiger partial charge in [0.1, 0.15) is 0 Å². The second kappa shape index (κ2) is 8.53. The Morgan fingerprint density at radius 3 is 2.58 bits per heavy atom. The molecule has 0 radical (unpaired) electrons. The maximum absolute atomic E-state index is 9.92. The van der Waals surface area contributed by atoms with Crippen LogP contribution in [0.25, 0.3) is 0 Å². The van der Waals surface area contributed by atoms with Gasteiger partial charge in [0.25, 0.3) is 0 Å². The van der Waals surface area contributed by atoms with Gasteiger partial charge in [0, 0.05) is 6.54 Å². The van der Waals surface area contributed by atoms with E-state index in [9.17, 15) is 4.79 Å². The van der Waals surface area contributed by atoms with Gasteiger partial charge in [0.05, 0.1) is 0 Å². The molecule has 3 heteroatoms. The van der Waals surface area contributed by atoms with Crippen LogP contribution in [0.5, 0.6) is 0 Å². The zero-order valence-electron chi connectivity index (χ0n) is 8.10. The third kappa shape index (κ3) is 7.54. The summed E-state index contributed by atoms with van der Waals surface area (Å²) < 4.78 is 0. The molecule has 0 heterocycles. The first-order valence-corrected chi connectivity index (χ1v) is 4.69. The van der Waals surface area contributed by atoms with Gasteiger partial charge in [-0.3, -0.25) is 4.79 Å². The Morgan fingerprint density at radius 2 is 2.00 bits per heavy atom. The lowest BCUT2D eigenvalue weighted by Gasteiger charge is -2.10. The summed E-state index contributed by atoms with van der Waals surface area (Å²) in [5, 5.41) is 5.95. The number of hydrogen-bond donors (Lipinski definition) is 2. The van der Waals surface area contributed by atoms with E-state index in [4.69, 9.17) is 0 Å². The van der Waals surface area contributed by atoms with E-state index in [1.807, 2.05) is 0 Å². The van der Waals surface area contributed by atoms with Crippen molar-refractivity contribution in [3.05, 3.63) is 0 Å². The molecule has 3 nitrogen and oxygen atoms in total. The van der Waals surface area contributed by atoms with Crippen molar-refractivity contribution in [1.82, 2.24) is 10.6 Å². The molecule has 0 aromatic heterocycles. The van der Waals surface area contributed by atoms with Gasteiger partial charge < -0.3 is 10.6 Å². The largest absolute Gasteiger partial charge is 0.359 e. The molecule has 0 aliphatic rings. The fraction of sp³-hybridized carbons (Fsp3) is 0.889. The lowest BCUT2D eigenvalue weighted by molar-refractivity contribution is -0.109. The summed E-state index contributed by atoms with van der Waals surface area (Å²) in [6, 6.07) is 0. The molecule has 2 N–H and O–H groups in total. The molecule has 0 aromatic carbocycles. The van der Waals surface area contributed by atoms with E-state index in [0.29, 0.717) is 5.92 Å². The zero-order chi connectivity index (χ0) is 9.23. The highest BCUT2D eigenvalue weighted by Crippen LogP contribution is 2.04. The van der Waals surface area contributed by atoms with Crippen LogP contribution in [0.2, 0.25) is 0 Å². The maximum atomic E-state index is 9.92. The van der Waals surface area contributed by atoms with Crippen LogP contribution in [0, 0.1) is 5.92 Å². The van der Waals surface area contributed by atoms with Gasteiger partial charge in [0.15, 0.2) is 0 Å². The minimum absolute atomic E-state index is 0.691. The average molecular weight is 172 g/mol. The van der Waals surface area contributed by atoms with E-state index >= 15 is 0 Å². The normalized spacial score (nSPS) is 12.5. The Bertz CT molecular complexity index is 107. The molecule has 0 saturated heterocycles. The van der Waals surface area contributed by atoms with Crippen molar-refractivity contribution >= 4 is 6.41 Å². The summed E-state index contributed by atoms with van der Waals surface area (Å²) in [6.07, 6.45) is 3.02. The van der Waals surface area contributed by atoms with Crippen molar-refractivity contribution < 1.29 is 4.79 Å². The Kier molecular flexibility index (Phi) is 8.12. The van der Waals surface area contributed by atoms with Gasteiger partial charge in [-0.25, -0.2) is 0 Å². The third-order valence-corrected chi connectivity index (χ3v) is 1.93. The van der Waals surface area contributed by atoms with E-state index < -0.39 is 0 Å². The molecular formula is C9H20N2O. The minimum Gasteiger partial charge on any atom is -0.359 e. The van der Waals surface area contributed by atoms with Crippen LogP contribution in [0.3, 0.4) is 0 Å². The SMILES string of the molecule is CCNCCC(C)CCNC=O. The topological polar surface area (TPSA) is 41.1 Å². The van der Waals surface area contributed by atoms with Crippen molar-refractivity contribution in [1.29, 1.82) is 0 Å². The monoisotopic (exact) mass is 172 g/mol. The molecule has 0 rings (SSSR count). The van der Waals surface area contributed by atoms with E-state index in [2.05, 4.69) is 24.5 Å². The highest BCUT2D eigenvalue weighted by molar-refractivity contribution is 5.45. The second-order valence-corrected chi connectivity index (χ2v) is 3.11. The highest BCUT2D eigenvalue weighted by Gasteiger charge is 1.99. The summed E-state index contributed by atoms with van der Waals surface area (Å²) in [7, 11) is 0. The molecule has 1 amide bonds. The number of rotatable bonds is 8. The van der Waals surface area contributed by atoms with E-state index in [0.717, 1.165) is 32.5 Å². The summed E-state index contributed by atoms with van der Waals surface area (Å²) in [6.45, 7) is 7.25. The van der Waals surface area contributed by atoms with Crippen molar-refractivity contribution in [2.24, 2.45) is 5.92 Å². The van der Waals surface area contributed by atoms with E-state index in [1.54, 1.807) is 0 Å². The number of hydrogen-bond acceptors (Lipinski definition) is 2. The fourth-order valence-corrected chi connectivity index (χ4v) is 1.06. The first kappa shape index (κ1) is 11.4. The second-order valence-electron chi connectivity index (χ2n) is 3.11. The first-order chi connectivity index (χ1) is 5.81. The summed E-state index contributed by atoms with van der Waals surface area (Å²) in [4.78, 5) is 9.92. The molecule has 0 saturated carbocycles. The standard InChI is InChI=1S/C9H20N2O/c1-3-10-6-4-9(2)5-7-11-8-12/h8-10H,3-7H2,1-2H3,(H,11,12). The molecule has 0 aromatic rings. The van der Waals surface area contributed by atoms with Crippen LogP contribution in [0.4, 0.5) is 0 Å². The minimum atomic E-state index is 0.691. The van der Waals surface area contributed by atoms with Crippen molar-refractivity contribution in [3.8, 4) is 0 Å². The third-order valence-electron chi connectivity index (χ3n) is 1.93. The molecule has 0 fully saturated rings. The summed E-state index contributed by atoms with van der Waals surface area (Å²) in [5.74, 6) is 0.691. The Hall–Kier alpha value is -0.570. The number of carbonyl (C=O) groups excluding carboxylic acids is 1. The number of amides is 1. The van der Waals surface area contributed by atoms with Gasteiger partial charge >= 0.3 is 0 Å². The van der Waals surface area contributed by atoms with E-state index in [-0.39, 0.29) is 0 Å². The van der Waals surface area contributed by atoms with Gasteiger partial charge in [0.2, 0.25) is 6.41 Å². The van der Waals surface area contributed by atoms with Crippen LogP contribution in [0.15, 0.2) is 0 Å². The Labute approximate surface area is 74.9 Å². The van der Waals surface area contributed by atoms with Crippen LogP contribution < -0.4 is 10.6 Å².